The van der Waals surface area contributed by atoms with Crippen molar-refractivity contribution in [3.8, 4) is 0 Å². The molecule has 0 spiro atoms. The van der Waals surface area contributed by atoms with E-state index >= 15 is 0 Å². The number of nitrogens with one attached hydrogen (secondary N) is 1. The van der Waals surface area contributed by atoms with Gasteiger partial charge in [0, 0.05) is 6.04 Å². The van der Waals surface area contributed by atoms with Crippen molar-refractivity contribution in [3.63, 3.8) is 0 Å². The maximum Gasteiger partial charge on any atom is 0.342 e. The summed E-state index contributed by atoms with van der Waals surface area (Å²) < 4.78 is 11.6. The number of hydrogen-bond donors (Lipinski definition) is 1. The van der Waals surface area contributed by atoms with Crippen LogP contribution in [-0.4, -0.2) is 34.1 Å². The lowest BCUT2D eigenvalue weighted by Gasteiger charge is -2.34. The standard InChI is InChI=1S/C20H27N3O5/c1-5-27-20(26)16-13(4)28-18-17(16)19(25)23(10-21-18)9-15(24)22-14-8-6-7-11(2)12(14)3/h10-12,14H,5-9H2,1-4H3,(H,22,24)/t11-,12+,14-/m1/s1. The Morgan fingerprint density at radius 2 is 2.11 bits per heavy atom. The summed E-state index contributed by atoms with van der Waals surface area (Å²) in [7, 11) is 0. The fourth-order valence-electron chi connectivity index (χ4n) is 3.89. The van der Waals surface area contributed by atoms with Crippen molar-refractivity contribution < 1.29 is 18.7 Å². The molecule has 0 aromatic carbocycles. The first kappa shape index (κ1) is 20.1. The second kappa shape index (κ2) is 8.16. The molecule has 28 heavy (non-hydrogen) atoms. The fraction of sp³-hybridized carbons (Fsp3) is 0.600. The topological polar surface area (TPSA) is 103 Å². The van der Waals surface area contributed by atoms with Crippen LogP contribution in [0, 0.1) is 18.8 Å². The van der Waals surface area contributed by atoms with E-state index in [1.54, 1.807) is 13.8 Å². The molecule has 8 nitrogen and oxygen atoms in total. The van der Waals surface area contributed by atoms with E-state index in [1.807, 2.05) is 0 Å². The van der Waals surface area contributed by atoms with Gasteiger partial charge in [0.2, 0.25) is 11.6 Å². The highest BCUT2D eigenvalue weighted by molar-refractivity contribution is 6.03. The molecule has 1 saturated carbocycles. The van der Waals surface area contributed by atoms with Crippen molar-refractivity contribution in [3.05, 3.63) is 28.0 Å². The van der Waals surface area contributed by atoms with Crippen LogP contribution in [0.4, 0.5) is 0 Å². The molecule has 3 atom stereocenters. The Kier molecular flexibility index (Phi) is 5.86. The minimum atomic E-state index is -0.634. The number of aromatic nitrogens is 2. The fourth-order valence-corrected chi connectivity index (χ4v) is 3.89. The predicted octanol–water partition coefficient (Wildman–Crippen LogP) is 2.42. The third kappa shape index (κ3) is 3.81. The van der Waals surface area contributed by atoms with Crippen LogP contribution in [0.25, 0.3) is 11.1 Å². The number of ether oxygens (including phenoxy) is 1. The summed E-state index contributed by atoms with van der Waals surface area (Å²) in [5, 5.41) is 3.09. The van der Waals surface area contributed by atoms with E-state index in [0.717, 1.165) is 12.8 Å². The Labute approximate surface area is 163 Å². The van der Waals surface area contributed by atoms with Crippen molar-refractivity contribution in [1.29, 1.82) is 0 Å². The van der Waals surface area contributed by atoms with E-state index in [1.165, 1.54) is 17.3 Å². The third-order valence-corrected chi connectivity index (χ3v) is 5.70. The molecule has 1 N–H and O–H groups in total. The maximum absolute atomic E-state index is 12.9. The van der Waals surface area contributed by atoms with Crippen molar-refractivity contribution in [2.24, 2.45) is 11.8 Å². The number of amides is 1. The number of furan rings is 1. The Balaban J connectivity index is 1.84. The number of carbonyl (C=O) groups excluding carboxylic acids is 2. The van der Waals surface area contributed by atoms with Crippen LogP contribution >= 0.6 is 0 Å². The minimum absolute atomic E-state index is 0.0471. The van der Waals surface area contributed by atoms with Gasteiger partial charge >= 0.3 is 5.97 Å². The first-order chi connectivity index (χ1) is 13.3. The number of carbonyl (C=O) groups is 2. The molecule has 0 radical (unpaired) electrons. The number of fused-ring (bicyclic) bond motifs is 1. The van der Waals surface area contributed by atoms with Gasteiger partial charge in [0.15, 0.2) is 0 Å². The van der Waals surface area contributed by atoms with Gasteiger partial charge < -0.3 is 14.5 Å². The quantitative estimate of drug-likeness (QED) is 0.788. The molecule has 0 bridgehead atoms. The van der Waals surface area contributed by atoms with Gasteiger partial charge in [-0.1, -0.05) is 26.7 Å². The van der Waals surface area contributed by atoms with Gasteiger partial charge in [-0.05, 0) is 32.1 Å². The summed E-state index contributed by atoms with van der Waals surface area (Å²) in [5.74, 6) is 0.338. The minimum Gasteiger partial charge on any atom is -0.462 e. The molecule has 3 rings (SSSR count). The van der Waals surface area contributed by atoms with Crippen molar-refractivity contribution >= 4 is 23.0 Å². The SMILES string of the molecule is CCOC(=O)c1c(C)oc2ncn(CC(=O)N[C@@H]3CCC[C@@H](C)[C@@H]3C)c(=O)c12. The van der Waals surface area contributed by atoms with E-state index in [2.05, 4.69) is 24.1 Å². The Hall–Kier alpha value is -2.64. The second-order valence-corrected chi connectivity index (χ2v) is 7.55. The summed E-state index contributed by atoms with van der Waals surface area (Å²) in [6, 6.07) is 0.106. The Morgan fingerprint density at radius 3 is 2.82 bits per heavy atom. The highest BCUT2D eigenvalue weighted by Gasteiger charge is 2.29. The lowest BCUT2D eigenvalue weighted by atomic mass is 9.78. The van der Waals surface area contributed by atoms with E-state index in [9.17, 15) is 14.4 Å². The molecular formula is C20H27N3O5. The highest BCUT2D eigenvalue weighted by Crippen LogP contribution is 2.29. The van der Waals surface area contributed by atoms with Crippen LogP contribution in [0.2, 0.25) is 0 Å². The summed E-state index contributed by atoms with van der Waals surface area (Å²) >= 11 is 0. The zero-order valence-electron chi connectivity index (χ0n) is 16.8. The molecule has 1 aliphatic rings. The lowest BCUT2D eigenvalue weighted by molar-refractivity contribution is -0.123. The molecule has 2 heterocycles. The van der Waals surface area contributed by atoms with Crippen LogP contribution in [0.3, 0.4) is 0 Å². The van der Waals surface area contributed by atoms with Crippen LogP contribution in [0.1, 0.15) is 56.2 Å². The monoisotopic (exact) mass is 389 g/mol. The first-order valence-corrected chi connectivity index (χ1v) is 9.78. The number of hydrogen-bond acceptors (Lipinski definition) is 6. The molecule has 8 heteroatoms. The Morgan fingerprint density at radius 1 is 1.36 bits per heavy atom. The number of nitrogens with zero attached hydrogens (tertiary/aromatic N) is 2. The molecule has 1 amide bonds. The van der Waals surface area contributed by atoms with E-state index in [0.29, 0.717) is 11.8 Å². The van der Waals surface area contributed by atoms with Crippen molar-refractivity contribution in [2.45, 2.75) is 59.5 Å². The average Bonchev–Trinajstić information content (AvgIpc) is 2.98. The van der Waals surface area contributed by atoms with Crippen molar-refractivity contribution in [1.82, 2.24) is 14.9 Å². The van der Waals surface area contributed by atoms with Crippen LogP contribution in [0.15, 0.2) is 15.5 Å². The third-order valence-electron chi connectivity index (χ3n) is 5.70. The molecular weight excluding hydrogens is 362 g/mol. The molecule has 0 saturated heterocycles. The van der Waals surface area contributed by atoms with Gasteiger partial charge in [-0.15, -0.1) is 0 Å². The summed E-state index contributed by atoms with van der Waals surface area (Å²) in [6.07, 6.45) is 4.47. The number of aryl methyl sites for hydroxylation is 1. The van der Waals surface area contributed by atoms with E-state index in [4.69, 9.17) is 9.15 Å². The van der Waals surface area contributed by atoms with Gasteiger partial charge in [0.05, 0.1) is 6.61 Å². The number of esters is 1. The zero-order chi connectivity index (χ0) is 20.4. The first-order valence-electron chi connectivity index (χ1n) is 9.78. The summed E-state index contributed by atoms with van der Waals surface area (Å²) in [4.78, 5) is 41.7. The smallest absolute Gasteiger partial charge is 0.342 e. The maximum atomic E-state index is 12.9. The van der Waals surface area contributed by atoms with Gasteiger partial charge in [-0.3, -0.25) is 14.2 Å². The van der Waals surface area contributed by atoms with Gasteiger partial charge in [-0.2, -0.15) is 0 Å². The van der Waals surface area contributed by atoms with Crippen LogP contribution in [0.5, 0.6) is 0 Å². The van der Waals surface area contributed by atoms with E-state index in [-0.39, 0.29) is 47.5 Å². The van der Waals surface area contributed by atoms with Crippen molar-refractivity contribution in [2.75, 3.05) is 6.61 Å². The summed E-state index contributed by atoms with van der Waals surface area (Å²) in [5.41, 5.74) is -0.360. The zero-order valence-corrected chi connectivity index (χ0v) is 16.8. The van der Waals surface area contributed by atoms with E-state index < -0.39 is 11.5 Å². The molecule has 1 fully saturated rings. The molecule has 1 aliphatic carbocycles. The highest BCUT2D eigenvalue weighted by atomic mass is 16.5. The normalized spacial score (nSPS) is 22.2. The Bertz CT molecular complexity index is 945. The number of rotatable bonds is 5. The van der Waals surface area contributed by atoms with Gasteiger partial charge in [0.25, 0.3) is 5.56 Å². The molecule has 2 aromatic heterocycles. The summed E-state index contributed by atoms with van der Waals surface area (Å²) in [6.45, 7) is 7.63. The largest absolute Gasteiger partial charge is 0.462 e. The predicted molar refractivity (Wildman–Crippen MR) is 103 cm³/mol. The lowest BCUT2D eigenvalue weighted by Crippen LogP contribution is -2.45. The van der Waals surface area contributed by atoms with Crippen LogP contribution < -0.4 is 10.9 Å². The average molecular weight is 389 g/mol. The molecule has 0 unspecified atom stereocenters. The second-order valence-electron chi connectivity index (χ2n) is 7.55. The van der Waals surface area contributed by atoms with Crippen LogP contribution in [-0.2, 0) is 16.1 Å². The molecule has 152 valence electrons. The molecule has 2 aromatic rings. The molecule has 0 aliphatic heterocycles. The van der Waals surface area contributed by atoms with Gasteiger partial charge in [-0.25, -0.2) is 9.78 Å². The van der Waals surface area contributed by atoms with Gasteiger partial charge in [0.1, 0.15) is 29.6 Å².